The van der Waals surface area contributed by atoms with Gasteiger partial charge in [-0.25, -0.2) is 17.2 Å². The lowest BCUT2D eigenvalue weighted by atomic mass is 9.95. The first-order chi connectivity index (χ1) is 17.2. The molecule has 0 fully saturated rings. The van der Waals surface area contributed by atoms with Crippen molar-refractivity contribution in [2.45, 2.75) is 68.9 Å². The van der Waals surface area contributed by atoms with Crippen LogP contribution in [0.25, 0.3) is 0 Å². The van der Waals surface area contributed by atoms with Gasteiger partial charge >= 0.3 is 5.97 Å². The van der Waals surface area contributed by atoms with Gasteiger partial charge in [0, 0.05) is 42.7 Å². The molecule has 0 spiro atoms. The molecule has 2 aromatic carbocycles. The Kier molecular flexibility index (Phi) is 11.4. The molecule has 0 radical (unpaired) electrons. The fourth-order valence-electron chi connectivity index (χ4n) is 3.96. The molecule has 37 heavy (non-hydrogen) atoms. The molecular weight excluding hydrogens is 526 g/mol. The minimum atomic E-state index is -3.95. The van der Waals surface area contributed by atoms with Gasteiger partial charge in [0.15, 0.2) is 0 Å². The number of hydrogen-bond donors (Lipinski definition) is 3. The Morgan fingerprint density at radius 2 is 1.78 bits per heavy atom. The fraction of sp³-hybridized carbons (Fsp3) is 0.500. The SMILES string of the molecule is CN(CC(O)CNC(C)(C)CCCc1c(F)cccc1F)S(=O)(=O)c1cc(Cl)cc(CCCC(=O)O)c1. The quantitative estimate of drug-likeness (QED) is 0.298. The van der Waals surface area contributed by atoms with E-state index >= 15 is 0 Å². The predicted molar refractivity (Wildman–Crippen MR) is 139 cm³/mol. The number of carbonyl (C=O) groups is 1. The van der Waals surface area contributed by atoms with Crippen molar-refractivity contribution in [1.82, 2.24) is 9.62 Å². The van der Waals surface area contributed by atoms with Gasteiger partial charge in [-0.15, -0.1) is 0 Å². The van der Waals surface area contributed by atoms with Gasteiger partial charge in [0.05, 0.1) is 11.0 Å². The maximum Gasteiger partial charge on any atom is 0.303 e. The van der Waals surface area contributed by atoms with Gasteiger partial charge in [-0.2, -0.15) is 4.31 Å². The standard InChI is InChI=1S/C26H35ClF2N2O5S/c1-26(2,12-6-8-22-23(28)9-5-10-24(22)29)30-16-20(32)17-31(3)37(35,36)21-14-18(13-19(27)15-21)7-4-11-25(33)34/h5,9-10,13-15,20,30,32H,4,6-8,11-12,16-17H2,1-3H3,(H,33,34). The van der Waals surface area contributed by atoms with Crippen LogP contribution in [0.2, 0.25) is 5.02 Å². The van der Waals surface area contributed by atoms with Gasteiger partial charge in [0.25, 0.3) is 0 Å². The molecule has 0 saturated heterocycles. The van der Waals surface area contributed by atoms with E-state index < -0.39 is 39.3 Å². The molecule has 0 aromatic heterocycles. The Hall–Kier alpha value is -2.11. The second-order valence-corrected chi connectivity index (χ2v) is 12.3. The number of aliphatic carboxylic acids is 1. The summed E-state index contributed by atoms with van der Waals surface area (Å²) in [6, 6.07) is 8.17. The van der Waals surface area contributed by atoms with Crippen molar-refractivity contribution in [2.75, 3.05) is 20.1 Å². The molecule has 7 nitrogen and oxygen atoms in total. The second kappa shape index (κ2) is 13.6. The Morgan fingerprint density at radius 1 is 1.14 bits per heavy atom. The number of rotatable bonds is 15. The molecule has 0 saturated carbocycles. The maximum absolute atomic E-state index is 13.8. The predicted octanol–water partition coefficient (Wildman–Crippen LogP) is 4.40. The smallest absolute Gasteiger partial charge is 0.303 e. The van der Waals surface area contributed by atoms with Crippen LogP contribution in [0, 0.1) is 11.6 Å². The molecule has 0 aliphatic carbocycles. The largest absolute Gasteiger partial charge is 0.481 e. The lowest BCUT2D eigenvalue weighted by Crippen LogP contribution is -2.46. The third kappa shape index (κ3) is 9.94. The van der Waals surface area contributed by atoms with E-state index in [0.717, 1.165) is 4.31 Å². The summed E-state index contributed by atoms with van der Waals surface area (Å²) in [5, 5.41) is 22.7. The van der Waals surface area contributed by atoms with E-state index in [1.54, 1.807) is 6.07 Å². The van der Waals surface area contributed by atoms with Gasteiger partial charge in [-0.1, -0.05) is 17.7 Å². The zero-order valence-electron chi connectivity index (χ0n) is 21.3. The lowest BCUT2D eigenvalue weighted by Gasteiger charge is -2.29. The van der Waals surface area contributed by atoms with Crippen LogP contribution in [0.1, 0.15) is 50.7 Å². The van der Waals surface area contributed by atoms with Crippen LogP contribution in [0.3, 0.4) is 0 Å². The summed E-state index contributed by atoms with van der Waals surface area (Å²) in [6.45, 7) is 3.73. The van der Waals surface area contributed by atoms with Crippen LogP contribution in [0.5, 0.6) is 0 Å². The number of nitrogens with zero attached hydrogens (tertiary/aromatic N) is 1. The highest BCUT2D eigenvalue weighted by atomic mass is 35.5. The van der Waals surface area contributed by atoms with Gasteiger partial charge in [-0.05, 0) is 81.8 Å². The molecule has 1 atom stereocenters. The molecule has 0 bridgehead atoms. The summed E-state index contributed by atoms with van der Waals surface area (Å²) in [6.07, 6.45) is 0.998. The van der Waals surface area contributed by atoms with Crippen LogP contribution < -0.4 is 5.32 Å². The normalized spacial score (nSPS) is 13.2. The summed E-state index contributed by atoms with van der Waals surface area (Å²) in [5.41, 5.74) is 0.203. The molecule has 2 aromatic rings. The summed E-state index contributed by atoms with van der Waals surface area (Å²) in [7, 11) is -2.59. The minimum absolute atomic E-state index is 0.0336. The van der Waals surface area contributed by atoms with E-state index in [4.69, 9.17) is 16.7 Å². The van der Waals surface area contributed by atoms with E-state index in [0.29, 0.717) is 31.2 Å². The van der Waals surface area contributed by atoms with Crippen molar-refractivity contribution in [3.05, 3.63) is 64.2 Å². The highest BCUT2D eigenvalue weighted by Crippen LogP contribution is 2.23. The zero-order valence-corrected chi connectivity index (χ0v) is 22.9. The van der Waals surface area contributed by atoms with Crippen molar-refractivity contribution < 1.29 is 32.2 Å². The second-order valence-electron chi connectivity index (χ2n) is 9.80. The van der Waals surface area contributed by atoms with Gasteiger partial charge in [0.2, 0.25) is 10.0 Å². The molecule has 1 unspecified atom stereocenters. The van der Waals surface area contributed by atoms with Crippen molar-refractivity contribution in [2.24, 2.45) is 0 Å². The molecule has 0 heterocycles. The van der Waals surface area contributed by atoms with Crippen LogP contribution in [0.4, 0.5) is 8.78 Å². The topological polar surface area (TPSA) is 107 Å². The zero-order chi connectivity index (χ0) is 27.8. The Morgan fingerprint density at radius 3 is 2.41 bits per heavy atom. The number of aliphatic hydroxyl groups excluding tert-OH is 1. The summed E-state index contributed by atoms with van der Waals surface area (Å²) < 4.78 is 54.8. The monoisotopic (exact) mass is 560 g/mol. The average molecular weight is 561 g/mol. The highest BCUT2D eigenvalue weighted by molar-refractivity contribution is 7.89. The lowest BCUT2D eigenvalue weighted by molar-refractivity contribution is -0.137. The maximum atomic E-state index is 13.8. The Balaban J connectivity index is 1.91. The average Bonchev–Trinajstić information content (AvgIpc) is 2.79. The third-order valence-corrected chi connectivity index (χ3v) is 8.09. The third-order valence-electron chi connectivity index (χ3n) is 6.07. The van der Waals surface area contributed by atoms with Gasteiger partial charge in [0.1, 0.15) is 11.6 Å². The van der Waals surface area contributed by atoms with E-state index in [-0.39, 0.29) is 41.4 Å². The van der Waals surface area contributed by atoms with E-state index in [1.807, 2.05) is 13.8 Å². The fourth-order valence-corrected chi connectivity index (χ4v) is 5.58. The number of sulfonamides is 1. The minimum Gasteiger partial charge on any atom is -0.481 e. The van der Waals surface area contributed by atoms with Crippen LogP contribution in [0.15, 0.2) is 41.3 Å². The van der Waals surface area contributed by atoms with Crippen molar-refractivity contribution in [1.29, 1.82) is 0 Å². The van der Waals surface area contributed by atoms with Crippen LogP contribution in [-0.2, 0) is 27.7 Å². The molecule has 2 rings (SSSR count). The van der Waals surface area contributed by atoms with E-state index in [2.05, 4.69) is 5.32 Å². The van der Waals surface area contributed by atoms with Gasteiger partial charge < -0.3 is 15.5 Å². The molecule has 0 aliphatic heterocycles. The first kappa shape index (κ1) is 31.1. The number of carboxylic acid groups (broad SMARTS) is 1. The van der Waals surface area contributed by atoms with E-state index in [1.165, 1.54) is 37.4 Å². The number of β-amino-alcohol motifs (C(OH)–C–C–N with tert-alkyl or cyclic N) is 1. The number of benzene rings is 2. The number of halogens is 3. The first-order valence-electron chi connectivity index (χ1n) is 12.0. The highest BCUT2D eigenvalue weighted by Gasteiger charge is 2.25. The number of carboxylic acids is 1. The first-order valence-corrected chi connectivity index (χ1v) is 13.9. The van der Waals surface area contributed by atoms with E-state index in [9.17, 15) is 27.1 Å². The van der Waals surface area contributed by atoms with Crippen LogP contribution >= 0.6 is 11.6 Å². The summed E-state index contributed by atoms with van der Waals surface area (Å²) in [5.74, 6) is -2.07. The molecule has 11 heteroatoms. The molecule has 3 N–H and O–H groups in total. The summed E-state index contributed by atoms with van der Waals surface area (Å²) in [4.78, 5) is 10.7. The Bertz CT molecular complexity index is 1160. The Labute approximate surface area is 222 Å². The van der Waals surface area contributed by atoms with Crippen molar-refractivity contribution in [3.63, 3.8) is 0 Å². The molecule has 206 valence electrons. The molecular formula is C26H35ClF2N2O5S. The van der Waals surface area contributed by atoms with Crippen molar-refractivity contribution in [3.8, 4) is 0 Å². The van der Waals surface area contributed by atoms with Gasteiger partial charge in [-0.3, -0.25) is 4.79 Å². The number of likely N-dealkylation sites (N-methyl/N-ethyl adjacent to an activating group) is 1. The number of nitrogens with one attached hydrogen (secondary N) is 1. The number of hydrogen-bond acceptors (Lipinski definition) is 5. The summed E-state index contributed by atoms with van der Waals surface area (Å²) >= 11 is 6.11. The number of aliphatic hydroxyl groups is 1. The molecule has 0 amide bonds. The van der Waals surface area contributed by atoms with Crippen LogP contribution in [-0.4, -0.2) is 60.7 Å². The molecule has 0 aliphatic rings. The number of aryl methyl sites for hydroxylation is 1. The van der Waals surface area contributed by atoms with Crippen molar-refractivity contribution >= 4 is 27.6 Å².